The maximum Gasteiger partial charge on any atom is 0.0637 e. The zero-order chi connectivity index (χ0) is 11.2. The summed E-state index contributed by atoms with van der Waals surface area (Å²) < 4.78 is 5.38. The van der Waals surface area contributed by atoms with Crippen LogP contribution in [0.5, 0.6) is 0 Å². The van der Waals surface area contributed by atoms with Crippen molar-refractivity contribution in [2.45, 2.75) is 65.0 Å². The van der Waals surface area contributed by atoms with E-state index in [-0.39, 0.29) is 11.6 Å². The second-order valence-electron chi connectivity index (χ2n) is 4.85. The Labute approximate surface area is 89.2 Å². The molecule has 0 aliphatic rings. The Kier molecular flexibility index (Phi) is 6.38. The lowest BCUT2D eigenvalue weighted by Gasteiger charge is -2.28. The summed E-state index contributed by atoms with van der Waals surface area (Å²) in [5.74, 6) is 0.776. The SMILES string of the molecule is CCC(CC)CC(N)CC(C)(C)OC. The summed E-state index contributed by atoms with van der Waals surface area (Å²) in [4.78, 5) is 0. The van der Waals surface area contributed by atoms with Gasteiger partial charge in [0.05, 0.1) is 5.60 Å². The summed E-state index contributed by atoms with van der Waals surface area (Å²) >= 11 is 0. The fraction of sp³-hybridized carbons (Fsp3) is 1.00. The first-order valence-corrected chi connectivity index (χ1v) is 5.75. The third kappa shape index (κ3) is 5.61. The second-order valence-corrected chi connectivity index (χ2v) is 4.85. The molecule has 14 heavy (non-hydrogen) atoms. The number of hydrogen-bond acceptors (Lipinski definition) is 2. The van der Waals surface area contributed by atoms with E-state index in [0.29, 0.717) is 0 Å². The van der Waals surface area contributed by atoms with E-state index >= 15 is 0 Å². The Morgan fingerprint density at radius 1 is 1.21 bits per heavy atom. The minimum atomic E-state index is -0.0779. The molecule has 0 bridgehead atoms. The van der Waals surface area contributed by atoms with Gasteiger partial charge in [0.15, 0.2) is 0 Å². The number of hydrogen-bond donors (Lipinski definition) is 1. The summed E-state index contributed by atoms with van der Waals surface area (Å²) in [7, 11) is 1.75. The Hall–Kier alpha value is -0.0800. The minimum Gasteiger partial charge on any atom is -0.379 e. The fourth-order valence-corrected chi connectivity index (χ4v) is 1.85. The number of ether oxygens (including phenoxy) is 1. The zero-order valence-corrected chi connectivity index (χ0v) is 10.5. The number of nitrogens with two attached hydrogens (primary N) is 1. The van der Waals surface area contributed by atoms with Gasteiger partial charge >= 0.3 is 0 Å². The average Bonchev–Trinajstić information content (AvgIpc) is 2.13. The highest BCUT2D eigenvalue weighted by Crippen LogP contribution is 2.21. The van der Waals surface area contributed by atoms with Gasteiger partial charge in [-0.05, 0) is 32.6 Å². The Bertz CT molecular complexity index is 141. The molecule has 0 fully saturated rings. The molecular weight excluding hydrogens is 174 g/mol. The van der Waals surface area contributed by atoms with Gasteiger partial charge in [-0.1, -0.05) is 26.7 Å². The molecule has 0 spiro atoms. The summed E-state index contributed by atoms with van der Waals surface area (Å²) in [6.07, 6.45) is 4.54. The van der Waals surface area contributed by atoms with Gasteiger partial charge in [-0.25, -0.2) is 0 Å². The molecule has 0 radical (unpaired) electrons. The van der Waals surface area contributed by atoms with Crippen molar-refractivity contribution < 1.29 is 4.74 Å². The lowest BCUT2D eigenvalue weighted by molar-refractivity contribution is 0.00832. The van der Waals surface area contributed by atoms with Gasteiger partial charge in [0.25, 0.3) is 0 Å². The van der Waals surface area contributed by atoms with Crippen LogP contribution < -0.4 is 5.73 Å². The molecule has 0 saturated carbocycles. The quantitative estimate of drug-likeness (QED) is 0.687. The Morgan fingerprint density at radius 2 is 1.71 bits per heavy atom. The van der Waals surface area contributed by atoms with Gasteiger partial charge in [0.2, 0.25) is 0 Å². The van der Waals surface area contributed by atoms with E-state index < -0.39 is 0 Å². The lowest BCUT2D eigenvalue weighted by Crippen LogP contribution is -2.34. The smallest absolute Gasteiger partial charge is 0.0637 e. The molecule has 0 aromatic rings. The molecule has 0 aliphatic heterocycles. The molecule has 2 nitrogen and oxygen atoms in total. The molecule has 0 amide bonds. The normalized spacial score (nSPS) is 14.8. The number of rotatable bonds is 7. The minimum absolute atomic E-state index is 0.0779. The van der Waals surface area contributed by atoms with Gasteiger partial charge in [-0.2, -0.15) is 0 Å². The predicted molar refractivity (Wildman–Crippen MR) is 62.4 cm³/mol. The van der Waals surface area contributed by atoms with Crippen molar-refractivity contribution in [3.63, 3.8) is 0 Å². The maximum absolute atomic E-state index is 6.11. The fourth-order valence-electron chi connectivity index (χ4n) is 1.85. The van der Waals surface area contributed by atoms with Crippen molar-refractivity contribution in [1.82, 2.24) is 0 Å². The van der Waals surface area contributed by atoms with Crippen LogP contribution in [0.1, 0.15) is 53.4 Å². The molecule has 2 N–H and O–H groups in total. The monoisotopic (exact) mass is 201 g/mol. The second kappa shape index (κ2) is 6.41. The third-order valence-corrected chi connectivity index (χ3v) is 3.10. The molecular formula is C12H27NO. The van der Waals surface area contributed by atoms with Crippen molar-refractivity contribution in [1.29, 1.82) is 0 Å². The molecule has 0 aromatic heterocycles. The highest BCUT2D eigenvalue weighted by Gasteiger charge is 2.21. The molecule has 1 atom stereocenters. The standard InChI is InChI=1S/C12H27NO/c1-6-10(7-2)8-11(13)9-12(3,4)14-5/h10-11H,6-9,13H2,1-5H3. The predicted octanol–water partition coefficient (Wildman–Crippen LogP) is 2.96. The first-order valence-electron chi connectivity index (χ1n) is 5.75. The van der Waals surface area contributed by atoms with Crippen molar-refractivity contribution in [2.75, 3.05) is 7.11 Å². The Morgan fingerprint density at radius 3 is 2.07 bits per heavy atom. The van der Waals surface area contributed by atoms with E-state index in [0.717, 1.165) is 18.8 Å². The molecule has 0 saturated heterocycles. The zero-order valence-electron chi connectivity index (χ0n) is 10.5. The van der Waals surface area contributed by atoms with Crippen LogP contribution in [-0.2, 0) is 4.74 Å². The largest absolute Gasteiger partial charge is 0.379 e. The van der Waals surface area contributed by atoms with Gasteiger partial charge in [-0.3, -0.25) is 0 Å². The molecule has 0 aromatic carbocycles. The van der Waals surface area contributed by atoms with E-state index in [1.54, 1.807) is 7.11 Å². The molecule has 0 heterocycles. The van der Waals surface area contributed by atoms with E-state index in [4.69, 9.17) is 10.5 Å². The Balaban J connectivity index is 3.90. The molecule has 0 aliphatic carbocycles. The molecule has 86 valence electrons. The third-order valence-electron chi connectivity index (χ3n) is 3.10. The van der Waals surface area contributed by atoms with Crippen LogP contribution in [0.3, 0.4) is 0 Å². The highest BCUT2D eigenvalue weighted by atomic mass is 16.5. The van der Waals surface area contributed by atoms with Crippen LogP contribution in [0.2, 0.25) is 0 Å². The summed E-state index contributed by atoms with van der Waals surface area (Å²) in [6.45, 7) is 8.67. The molecule has 0 rings (SSSR count). The van der Waals surface area contributed by atoms with Gasteiger partial charge in [0, 0.05) is 13.2 Å². The first kappa shape index (κ1) is 13.9. The van der Waals surface area contributed by atoms with Crippen molar-refractivity contribution in [3.05, 3.63) is 0 Å². The summed E-state index contributed by atoms with van der Waals surface area (Å²) in [5, 5.41) is 0. The van der Waals surface area contributed by atoms with Crippen LogP contribution in [0.4, 0.5) is 0 Å². The first-order chi connectivity index (χ1) is 6.45. The lowest BCUT2D eigenvalue weighted by atomic mass is 9.89. The van der Waals surface area contributed by atoms with Crippen molar-refractivity contribution >= 4 is 0 Å². The van der Waals surface area contributed by atoms with E-state index in [1.807, 2.05) is 0 Å². The highest BCUT2D eigenvalue weighted by molar-refractivity contribution is 4.77. The van der Waals surface area contributed by atoms with Gasteiger partial charge < -0.3 is 10.5 Å². The van der Waals surface area contributed by atoms with Crippen LogP contribution in [0.15, 0.2) is 0 Å². The van der Waals surface area contributed by atoms with Crippen LogP contribution >= 0.6 is 0 Å². The van der Waals surface area contributed by atoms with E-state index in [1.165, 1.54) is 12.8 Å². The van der Waals surface area contributed by atoms with Crippen LogP contribution in [-0.4, -0.2) is 18.8 Å². The summed E-state index contributed by atoms with van der Waals surface area (Å²) in [6, 6.07) is 0.273. The van der Waals surface area contributed by atoms with Gasteiger partial charge in [0.1, 0.15) is 0 Å². The summed E-state index contributed by atoms with van der Waals surface area (Å²) in [5.41, 5.74) is 6.03. The van der Waals surface area contributed by atoms with Crippen LogP contribution in [0.25, 0.3) is 0 Å². The molecule has 2 heteroatoms. The van der Waals surface area contributed by atoms with Crippen molar-refractivity contribution in [2.24, 2.45) is 11.7 Å². The topological polar surface area (TPSA) is 35.2 Å². The maximum atomic E-state index is 6.11. The van der Waals surface area contributed by atoms with Crippen LogP contribution in [0, 0.1) is 5.92 Å². The van der Waals surface area contributed by atoms with Crippen molar-refractivity contribution in [3.8, 4) is 0 Å². The molecule has 1 unspecified atom stereocenters. The van der Waals surface area contributed by atoms with Gasteiger partial charge in [-0.15, -0.1) is 0 Å². The average molecular weight is 201 g/mol. The van der Waals surface area contributed by atoms with E-state index in [2.05, 4.69) is 27.7 Å². The number of methoxy groups -OCH3 is 1. The van der Waals surface area contributed by atoms with E-state index in [9.17, 15) is 0 Å².